The van der Waals surface area contributed by atoms with Gasteiger partial charge in [0, 0.05) is 6.54 Å². The minimum atomic E-state index is -0.431. The quantitative estimate of drug-likeness (QED) is 0.384. The van der Waals surface area contributed by atoms with Gasteiger partial charge in [0.15, 0.2) is 0 Å². The summed E-state index contributed by atoms with van der Waals surface area (Å²) >= 11 is 0. The lowest BCUT2D eigenvalue weighted by molar-refractivity contribution is 0.471. The second-order valence-corrected chi connectivity index (χ2v) is 7.69. The fourth-order valence-corrected chi connectivity index (χ4v) is 4.04. The first-order chi connectivity index (χ1) is 14.2. The summed E-state index contributed by atoms with van der Waals surface area (Å²) in [5.41, 5.74) is 7.12. The summed E-state index contributed by atoms with van der Waals surface area (Å²) in [4.78, 5) is 0. The summed E-state index contributed by atoms with van der Waals surface area (Å²) in [5, 5.41) is 3.95. The Morgan fingerprint density at radius 2 is 1.10 bits per heavy atom. The summed E-state index contributed by atoms with van der Waals surface area (Å²) in [6, 6.07) is 39.1. The van der Waals surface area contributed by atoms with Crippen molar-refractivity contribution in [2.75, 3.05) is 0 Å². The van der Waals surface area contributed by atoms with Gasteiger partial charge in [0.05, 0.1) is 5.54 Å². The minimum absolute atomic E-state index is 0.431. The van der Waals surface area contributed by atoms with Gasteiger partial charge in [-0.3, -0.25) is 5.32 Å². The molecule has 0 amide bonds. The highest BCUT2D eigenvalue weighted by Gasteiger charge is 2.35. The first-order valence-electron chi connectivity index (χ1n) is 10.2. The maximum atomic E-state index is 3.95. The van der Waals surface area contributed by atoms with Crippen LogP contribution in [0.1, 0.15) is 33.4 Å². The molecule has 0 unspecified atom stereocenters. The van der Waals surface area contributed by atoms with Gasteiger partial charge < -0.3 is 0 Å². The molecule has 0 bridgehead atoms. The summed E-state index contributed by atoms with van der Waals surface area (Å²) in [6.45, 7) is 5.06. The van der Waals surface area contributed by atoms with Crippen LogP contribution >= 0.6 is 0 Å². The Kier molecular flexibility index (Phi) is 5.59. The Morgan fingerprint density at radius 3 is 1.66 bits per heavy atom. The second-order valence-electron chi connectivity index (χ2n) is 7.69. The third-order valence-corrected chi connectivity index (χ3v) is 5.54. The van der Waals surface area contributed by atoms with Crippen LogP contribution < -0.4 is 5.32 Å². The van der Waals surface area contributed by atoms with Crippen molar-refractivity contribution in [1.82, 2.24) is 5.32 Å². The highest BCUT2D eigenvalue weighted by atomic mass is 15.0. The highest BCUT2D eigenvalue weighted by Crippen LogP contribution is 2.37. The van der Waals surface area contributed by atoms with E-state index in [0.29, 0.717) is 0 Å². The van der Waals surface area contributed by atoms with Crippen molar-refractivity contribution < 1.29 is 0 Å². The Hall–Kier alpha value is -3.16. The lowest BCUT2D eigenvalue weighted by Gasteiger charge is -2.37. The molecule has 29 heavy (non-hydrogen) atoms. The average molecular weight is 378 g/mol. The zero-order valence-electron chi connectivity index (χ0n) is 17.1. The smallest absolute Gasteiger partial charge is 0.0950 e. The molecule has 4 aromatic rings. The normalized spacial score (nSPS) is 11.4. The van der Waals surface area contributed by atoms with Gasteiger partial charge in [-0.2, -0.15) is 0 Å². The average Bonchev–Trinajstić information content (AvgIpc) is 2.77. The fraction of sp³-hybridized carbons (Fsp3) is 0.143. The van der Waals surface area contributed by atoms with Crippen LogP contribution in [0.15, 0.2) is 109 Å². The Morgan fingerprint density at radius 1 is 0.552 bits per heavy atom. The minimum Gasteiger partial charge on any atom is -0.296 e. The predicted molar refractivity (Wildman–Crippen MR) is 122 cm³/mol. The monoisotopic (exact) mass is 377 g/mol. The van der Waals surface area contributed by atoms with Gasteiger partial charge >= 0.3 is 0 Å². The highest BCUT2D eigenvalue weighted by molar-refractivity contribution is 5.50. The van der Waals surface area contributed by atoms with Crippen LogP contribution in [-0.4, -0.2) is 0 Å². The largest absolute Gasteiger partial charge is 0.296 e. The third-order valence-electron chi connectivity index (χ3n) is 5.54. The molecule has 0 aliphatic heterocycles. The van der Waals surface area contributed by atoms with Crippen molar-refractivity contribution >= 4 is 0 Å². The number of benzene rings is 4. The van der Waals surface area contributed by atoms with Crippen LogP contribution in [0.25, 0.3) is 0 Å². The third kappa shape index (κ3) is 4.01. The molecule has 4 aromatic carbocycles. The van der Waals surface area contributed by atoms with Crippen LogP contribution in [-0.2, 0) is 12.1 Å². The van der Waals surface area contributed by atoms with E-state index in [2.05, 4.69) is 128 Å². The van der Waals surface area contributed by atoms with Crippen molar-refractivity contribution in [3.05, 3.63) is 143 Å². The van der Waals surface area contributed by atoms with E-state index in [4.69, 9.17) is 0 Å². The van der Waals surface area contributed by atoms with Crippen molar-refractivity contribution in [2.45, 2.75) is 25.9 Å². The van der Waals surface area contributed by atoms with E-state index in [1.165, 1.54) is 33.4 Å². The molecule has 0 fully saturated rings. The molecule has 144 valence electrons. The van der Waals surface area contributed by atoms with Gasteiger partial charge in [-0.15, -0.1) is 0 Å². The van der Waals surface area contributed by atoms with Gasteiger partial charge in [-0.25, -0.2) is 0 Å². The summed E-state index contributed by atoms with van der Waals surface area (Å²) < 4.78 is 0. The van der Waals surface area contributed by atoms with Crippen LogP contribution in [0.4, 0.5) is 0 Å². The van der Waals surface area contributed by atoms with Crippen LogP contribution in [0.3, 0.4) is 0 Å². The number of hydrogen-bond donors (Lipinski definition) is 1. The molecule has 0 aliphatic carbocycles. The van der Waals surface area contributed by atoms with Crippen LogP contribution in [0, 0.1) is 13.8 Å². The summed E-state index contributed by atoms with van der Waals surface area (Å²) in [5.74, 6) is 0. The van der Waals surface area contributed by atoms with Gasteiger partial charge in [0.25, 0.3) is 0 Å². The van der Waals surface area contributed by atoms with Crippen molar-refractivity contribution in [1.29, 1.82) is 0 Å². The molecule has 0 heterocycles. The number of rotatable bonds is 6. The van der Waals surface area contributed by atoms with Crippen LogP contribution in [0.2, 0.25) is 0 Å². The molecule has 0 spiro atoms. The van der Waals surface area contributed by atoms with E-state index in [-0.39, 0.29) is 0 Å². The molecule has 4 rings (SSSR count). The van der Waals surface area contributed by atoms with Gasteiger partial charge in [0.2, 0.25) is 0 Å². The Balaban J connectivity index is 1.89. The summed E-state index contributed by atoms with van der Waals surface area (Å²) in [6.07, 6.45) is 0. The maximum absolute atomic E-state index is 3.95. The van der Waals surface area contributed by atoms with E-state index >= 15 is 0 Å². The molecule has 1 nitrogen and oxygen atoms in total. The topological polar surface area (TPSA) is 12.0 Å². The standard InChI is InChI=1S/C28H27N/c1-22-16-18-27(19-17-22)28(25-12-5-3-6-13-25,26-14-7-4-8-15-26)29-21-24-11-9-10-23(2)20-24/h3-20,29H,21H2,1-2H3. The lowest BCUT2D eigenvalue weighted by Crippen LogP contribution is -2.44. The molecule has 1 N–H and O–H groups in total. The Bertz CT molecular complexity index is 1010. The van der Waals surface area contributed by atoms with E-state index in [0.717, 1.165) is 6.54 Å². The molecular weight excluding hydrogens is 350 g/mol. The first-order valence-corrected chi connectivity index (χ1v) is 10.2. The molecule has 0 radical (unpaired) electrons. The van der Waals surface area contributed by atoms with Crippen molar-refractivity contribution in [3.63, 3.8) is 0 Å². The molecule has 0 saturated heterocycles. The second kappa shape index (κ2) is 8.46. The molecule has 0 aromatic heterocycles. The van der Waals surface area contributed by atoms with E-state index in [1.54, 1.807) is 0 Å². The predicted octanol–water partition coefficient (Wildman–Crippen LogP) is 6.39. The van der Waals surface area contributed by atoms with Crippen molar-refractivity contribution in [3.8, 4) is 0 Å². The van der Waals surface area contributed by atoms with Crippen molar-refractivity contribution in [2.24, 2.45) is 0 Å². The van der Waals surface area contributed by atoms with Gasteiger partial charge in [-0.05, 0) is 36.1 Å². The van der Waals surface area contributed by atoms with E-state index in [9.17, 15) is 0 Å². The van der Waals surface area contributed by atoms with E-state index < -0.39 is 5.54 Å². The van der Waals surface area contributed by atoms with Gasteiger partial charge in [0.1, 0.15) is 0 Å². The molecular formula is C28H27N. The zero-order chi connectivity index (χ0) is 20.1. The number of aryl methyl sites for hydroxylation is 2. The fourth-order valence-electron chi connectivity index (χ4n) is 4.04. The molecule has 1 heteroatoms. The number of nitrogens with one attached hydrogen (secondary N) is 1. The van der Waals surface area contributed by atoms with Gasteiger partial charge in [-0.1, -0.05) is 120 Å². The maximum Gasteiger partial charge on any atom is 0.0950 e. The van der Waals surface area contributed by atoms with E-state index in [1.807, 2.05) is 0 Å². The molecule has 0 atom stereocenters. The zero-order valence-corrected chi connectivity index (χ0v) is 17.1. The number of hydrogen-bond acceptors (Lipinski definition) is 1. The SMILES string of the molecule is Cc1ccc(C(NCc2cccc(C)c2)(c2ccccc2)c2ccccc2)cc1. The van der Waals surface area contributed by atoms with Crippen LogP contribution in [0.5, 0.6) is 0 Å². The molecule has 0 saturated carbocycles. The first kappa shape index (κ1) is 19.2. The Labute approximate surface area is 174 Å². The summed E-state index contributed by atoms with van der Waals surface area (Å²) in [7, 11) is 0. The lowest BCUT2D eigenvalue weighted by atomic mass is 9.76. The molecule has 0 aliphatic rings.